The molecule has 8 unspecified atom stereocenters. The van der Waals surface area contributed by atoms with E-state index in [0.29, 0.717) is 53.0 Å². The first kappa shape index (κ1) is 31.5. The van der Waals surface area contributed by atoms with Gasteiger partial charge in [0, 0.05) is 18.8 Å². The topological polar surface area (TPSA) is 78.4 Å². The number of allylic oxidation sites excluding steroid dienone is 2. The van der Waals surface area contributed by atoms with E-state index in [0.717, 1.165) is 31.5 Å². The van der Waals surface area contributed by atoms with Crippen molar-refractivity contribution < 1.29 is 14.7 Å². The SMILES string of the molecule is CC1(C)C(c2ccc(C(=O)O)cc2)=CCC2(C)C1CCC1(C)C3CCC4(C(=O)NCCNc5ccccc5)CCCC4C3CCC12. The minimum Gasteiger partial charge on any atom is -0.478 e. The minimum absolute atomic E-state index is 0.0244. The predicted octanol–water partition coefficient (Wildman–Crippen LogP) is 9.07. The summed E-state index contributed by atoms with van der Waals surface area (Å²) in [5.41, 5.74) is 4.45. The Hall–Kier alpha value is -3.08. The zero-order valence-corrected chi connectivity index (χ0v) is 28.4. The zero-order chi connectivity index (χ0) is 32.3. The van der Waals surface area contributed by atoms with Crippen LogP contribution >= 0.6 is 0 Å². The molecule has 4 fully saturated rings. The highest BCUT2D eigenvalue weighted by molar-refractivity contribution is 5.88. The molecular weight excluding hydrogens is 568 g/mol. The number of carboxylic acids is 1. The van der Waals surface area contributed by atoms with Crippen molar-refractivity contribution in [2.45, 2.75) is 91.9 Å². The number of carbonyl (C=O) groups excluding carboxylic acids is 1. The number of benzene rings is 2. The Morgan fingerprint density at radius 2 is 1.54 bits per heavy atom. The number of nitrogens with one attached hydrogen (secondary N) is 2. The van der Waals surface area contributed by atoms with Gasteiger partial charge in [-0.3, -0.25) is 4.79 Å². The van der Waals surface area contributed by atoms with Crippen molar-refractivity contribution in [3.05, 3.63) is 71.8 Å². The molecule has 0 bridgehead atoms. The van der Waals surface area contributed by atoms with E-state index in [2.05, 4.69) is 56.5 Å². The molecule has 2 aromatic rings. The van der Waals surface area contributed by atoms with Crippen molar-refractivity contribution in [1.29, 1.82) is 0 Å². The highest BCUT2D eigenvalue weighted by Gasteiger charge is 2.66. The number of carbonyl (C=O) groups is 2. The molecular formula is C41H54N2O3. The summed E-state index contributed by atoms with van der Waals surface area (Å²) in [7, 11) is 0. The van der Waals surface area contributed by atoms with Gasteiger partial charge in [0.25, 0.3) is 0 Å². The van der Waals surface area contributed by atoms with Gasteiger partial charge in [-0.2, -0.15) is 0 Å². The van der Waals surface area contributed by atoms with Crippen LogP contribution in [0.2, 0.25) is 0 Å². The monoisotopic (exact) mass is 622 g/mol. The lowest BCUT2D eigenvalue weighted by Crippen LogP contribution is -2.62. The molecule has 0 saturated heterocycles. The van der Waals surface area contributed by atoms with Gasteiger partial charge in [0.2, 0.25) is 5.91 Å². The Labute approximate surface area is 276 Å². The largest absolute Gasteiger partial charge is 0.478 e. The molecule has 0 aromatic heterocycles. The zero-order valence-electron chi connectivity index (χ0n) is 28.4. The third-order valence-electron chi connectivity index (χ3n) is 14.5. The first-order valence-corrected chi connectivity index (χ1v) is 18.1. The number of hydrogen-bond acceptors (Lipinski definition) is 3. The summed E-state index contributed by atoms with van der Waals surface area (Å²) < 4.78 is 0. The first-order valence-electron chi connectivity index (χ1n) is 18.1. The van der Waals surface area contributed by atoms with Crippen molar-refractivity contribution >= 4 is 23.1 Å². The fraction of sp³-hybridized carbons (Fsp3) is 0.610. The van der Waals surface area contributed by atoms with Crippen LogP contribution in [0.3, 0.4) is 0 Å². The van der Waals surface area contributed by atoms with Gasteiger partial charge in [-0.05, 0) is 139 Å². The number of amides is 1. The number of carboxylic acid groups (broad SMARTS) is 1. The van der Waals surface area contributed by atoms with Gasteiger partial charge in [0.15, 0.2) is 0 Å². The van der Waals surface area contributed by atoms with Crippen LogP contribution in [0.1, 0.15) is 108 Å². The molecule has 0 heterocycles. The van der Waals surface area contributed by atoms with E-state index in [1.165, 1.54) is 56.1 Å². The number of fused-ring (bicyclic) bond motifs is 7. The smallest absolute Gasteiger partial charge is 0.335 e. The van der Waals surface area contributed by atoms with E-state index < -0.39 is 5.97 Å². The molecule has 2 aromatic carbocycles. The summed E-state index contributed by atoms with van der Waals surface area (Å²) in [6.07, 6.45) is 14.4. The van der Waals surface area contributed by atoms with Gasteiger partial charge >= 0.3 is 5.97 Å². The van der Waals surface area contributed by atoms with Crippen molar-refractivity contribution in [2.24, 2.45) is 51.2 Å². The Bertz CT molecular complexity index is 1500. The summed E-state index contributed by atoms with van der Waals surface area (Å²) in [5.74, 6) is 2.66. The molecule has 5 nitrogen and oxygen atoms in total. The van der Waals surface area contributed by atoms with Crippen LogP contribution in [-0.4, -0.2) is 30.1 Å². The highest BCUT2D eigenvalue weighted by Crippen LogP contribution is 2.73. The van der Waals surface area contributed by atoms with Crippen LogP contribution in [0.4, 0.5) is 5.69 Å². The van der Waals surface area contributed by atoms with E-state index in [-0.39, 0.29) is 16.2 Å². The number of anilines is 1. The lowest BCUT2D eigenvalue weighted by atomic mass is 9.36. The Balaban J connectivity index is 1.08. The van der Waals surface area contributed by atoms with E-state index in [9.17, 15) is 14.7 Å². The van der Waals surface area contributed by atoms with Gasteiger partial charge in [-0.1, -0.05) is 70.5 Å². The average molecular weight is 623 g/mol. The molecule has 3 N–H and O–H groups in total. The molecule has 4 saturated carbocycles. The average Bonchev–Trinajstić information content (AvgIpc) is 3.49. The lowest BCUT2D eigenvalue weighted by Gasteiger charge is -2.68. The minimum atomic E-state index is -0.868. The standard InChI is InChI=1S/C41H54N2O3/c1-38(2)31(27-12-14-28(15-13-27)36(44)45)18-22-40(4)34(38)20-23-39(3)32-19-24-41(21-8-11-33(41)30(32)16-17-35(39)40)37(46)43-26-25-42-29-9-6-5-7-10-29/h5-7,9-10,12-15,18,30,32-35,42H,8,11,16-17,19-26H2,1-4H3,(H,43,46)(H,44,45). The molecule has 8 atom stereocenters. The van der Waals surface area contributed by atoms with Crippen molar-refractivity contribution in [2.75, 3.05) is 18.4 Å². The molecule has 7 rings (SSSR count). The Morgan fingerprint density at radius 3 is 2.28 bits per heavy atom. The number of aromatic carboxylic acids is 1. The van der Waals surface area contributed by atoms with E-state index >= 15 is 0 Å². The normalized spacial score (nSPS) is 37.5. The van der Waals surface area contributed by atoms with Gasteiger partial charge in [0.1, 0.15) is 0 Å². The number of hydrogen-bond donors (Lipinski definition) is 3. The first-order chi connectivity index (χ1) is 22.0. The van der Waals surface area contributed by atoms with Crippen molar-refractivity contribution in [3.63, 3.8) is 0 Å². The van der Waals surface area contributed by atoms with Crippen LogP contribution < -0.4 is 10.6 Å². The summed E-state index contributed by atoms with van der Waals surface area (Å²) in [6.45, 7) is 11.6. The van der Waals surface area contributed by atoms with Crippen molar-refractivity contribution in [1.82, 2.24) is 5.32 Å². The Kier molecular flexibility index (Phi) is 7.92. The maximum absolute atomic E-state index is 14.0. The molecule has 1 amide bonds. The quantitative estimate of drug-likeness (QED) is 0.269. The van der Waals surface area contributed by atoms with E-state index in [4.69, 9.17) is 0 Å². The predicted molar refractivity (Wildman–Crippen MR) is 185 cm³/mol. The molecule has 5 aliphatic carbocycles. The highest BCUT2D eigenvalue weighted by atomic mass is 16.4. The molecule has 0 spiro atoms. The van der Waals surface area contributed by atoms with Crippen LogP contribution in [0, 0.1) is 51.2 Å². The number of rotatable bonds is 7. The second-order valence-corrected chi connectivity index (χ2v) is 16.7. The van der Waals surface area contributed by atoms with Crippen LogP contribution in [0.15, 0.2) is 60.7 Å². The van der Waals surface area contributed by atoms with Gasteiger partial charge in [-0.25, -0.2) is 4.79 Å². The second-order valence-electron chi connectivity index (χ2n) is 16.7. The maximum atomic E-state index is 14.0. The lowest BCUT2D eigenvalue weighted by molar-refractivity contribution is -0.181. The summed E-state index contributed by atoms with van der Waals surface area (Å²) >= 11 is 0. The summed E-state index contributed by atoms with van der Waals surface area (Å²) in [6, 6.07) is 17.8. The molecule has 0 aliphatic heterocycles. The summed E-state index contributed by atoms with van der Waals surface area (Å²) in [4.78, 5) is 25.5. The van der Waals surface area contributed by atoms with Gasteiger partial charge in [-0.15, -0.1) is 0 Å². The molecule has 46 heavy (non-hydrogen) atoms. The third-order valence-corrected chi connectivity index (χ3v) is 14.5. The Morgan fingerprint density at radius 1 is 0.783 bits per heavy atom. The van der Waals surface area contributed by atoms with E-state index in [1.54, 1.807) is 12.1 Å². The molecule has 5 heteroatoms. The van der Waals surface area contributed by atoms with Crippen LogP contribution in [0.5, 0.6) is 0 Å². The second kappa shape index (κ2) is 11.6. The van der Waals surface area contributed by atoms with Gasteiger partial charge in [0.05, 0.1) is 11.0 Å². The molecule has 0 radical (unpaired) electrons. The summed E-state index contributed by atoms with van der Waals surface area (Å²) in [5, 5.41) is 16.3. The molecule has 246 valence electrons. The number of para-hydroxylation sites is 1. The fourth-order valence-electron chi connectivity index (χ4n) is 12.6. The van der Waals surface area contributed by atoms with E-state index in [1.807, 2.05) is 30.3 Å². The maximum Gasteiger partial charge on any atom is 0.335 e. The van der Waals surface area contributed by atoms with Crippen LogP contribution in [0.25, 0.3) is 5.57 Å². The van der Waals surface area contributed by atoms with Crippen LogP contribution in [-0.2, 0) is 4.79 Å². The van der Waals surface area contributed by atoms with Crippen molar-refractivity contribution in [3.8, 4) is 0 Å². The van der Waals surface area contributed by atoms with Gasteiger partial charge < -0.3 is 15.7 Å². The molecule has 5 aliphatic rings. The third kappa shape index (κ3) is 4.85. The fourth-order valence-corrected chi connectivity index (χ4v) is 12.6.